The lowest BCUT2D eigenvalue weighted by atomic mass is 10.2. The maximum absolute atomic E-state index is 13.0. The van der Waals surface area contributed by atoms with E-state index in [9.17, 15) is 23.3 Å². The molecule has 0 radical (unpaired) electrons. The second kappa shape index (κ2) is 8.18. The quantitative estimate of drug-likeness (QED) is 0.568. The third-order valence-corrected chi connectivity index (χ3v) is 6.71. The number of non-ortho nitro benzene ring substituents is 1. The zero-order valence-electron chi connectivity index (χ0n) is 16.0. The summed E-state index contributed by atoms with van der Waals surface area (Å²) in [5, 5.41) is 13.5. The molecule has 154 valence electrons. The van der Waals surface area contributed by atoms with Gasteiger partial charge in [-0.3, -0.25) is 14.9 Å². The van der Waals surface area contributed by atoms with Crippen molar-refractivity contribution < 1.29 is 22.9 Å². The van der Waals surface area contributed by atoms with Gasteiger partial charge < -0.3 is 10.1 Å². The van der Waals surface area contributed by atoms with Crippen LogP contribution in [-0.2, 0) is 14.8 Å². The number of nitro groups is 1. The second-order valence-electron chi connectivity index (χ2n) is 6.72. The summed E-state index contributed by atoms with van der Waals surface area (Å²) in [5.74, 6) is -0.385. The van der Waals surface area contributed by atoms with Gasteiger partial charge in [0.1, 0.15) is 11.8 Å². The molecular formula is C19H21N3O6S. The van der Waals surface area contributed by atoms with Gasteiger partial charge >= 0.3 is 0 Å². The summed E-state index contributed by atoms with van der Waals surface area (Å²) in [4.78, 5) is 23.3. The maximum atomic E-state index is 13.0. The summed E-state index contributed by atoms with van der Waals surface area (Å²) in [6.45, 7) is 2.10. The van der Waals surface area contributed by atoms with E-state index in [4.69, 9.17) is 4.74 Å². The van der Waals surface area contributed by atoms with E-state index < -0.39 is 26.9 Å². The van der Waals surface area contributed by atoms with Gasteiger partial charge in [0, 0.05) is 12.6 Å². The molecule has 10 heteroatoms. The number of nitrogens with zero attached hydrogens (tertiary/aromatic N) is 2. The van der Waals surface area contributed by atoms with E-state index in [-0.39, 0.29) is 28.6 Å². The van der Waals surface area contributed by atoms with Gasteiger partial charge in [-0.15, -0.1) is 0 Å². The standard InChI is InChI=1S/C19H21N3O6S/c1-13-5-8-15(9-6-13)29(26,27)21-11-3-4-17(21)19(23)20-16-10-7-14(22(24)25)12-18(16)28-2/h5-10,12,17H,3-4,11H2,1-2H3,(H,20,23)/t17-/m0/s1. The zero-order chi connectivity index (χ0) is 21.2. The van der Waals surface area contributed by atoms with Crippen LogP contribution in [0.3, 0.4) is 0 Å². The van der Waals surface area contributed by atoms with Crippen molar-refractivity contribution in [3.63, 3.8) is 0 Å². The number of anilines is 1. The number of rotatable bonds is 6. The number of amides is 1. The Labute approximate surface area is 168 Å². The first-order valence-electron chi connectivity index (χ1n) is 8.96. The molecule has 29 heavy (non-hydrogen) atoms. The van der Waals surface area contributed by atoms with Crippen LogP contribution in [0.15, 0.2) is 47.4 Å². The second-order valence-corrected chi connectivity index (χ2v) is 8.61. The summed E-state index contributed by atoms with van der Waals surface area (Å²) in [7, 11) is -2.49. The molecule has 1 saturated heterocycles. The Balaban J connectivity index is 1.84. The topological polar surface area (TPSA) is 119 Å². The highest BCUT2D eigenvalue weighted by atomic mass is 32.2. The molecule has 1 atom stereocenters. The van der Waals surface area contributed by atoms with Crippen molar-refractivity contribution in [3.8, 4) is 5.75 Å². The van der Waals surface area contributed by atoms with E-state index in [0.717, 1.165) is 5.56 Å². The third kappa shape index (κ3) is 4.22. The number of methoxy groups -OCH3 is 1. The van der Waals surface area contributed by atoms with Crippen molar-refractivity contribution in [1.29, 1.82) is 0 Å². The van der Waals surface area contributed by atoms with Crippen molar-refractivity contribution in [3.05, 3.63) is 58.1 Å². The summed E-state index contributed by atoms with van der Waals surface area (Å²) in [6.07, 6.45) is 0.937. The average molecular weight is 419 g/mol. The maximum Gasteiger partial charge on any atom is 0.273 e. The van der Waals surface area contributed by atoms with E-state index in [1.54, 1.807) is 12.1 Å². The molecule has 2 aromatic carbocycles. The number of hydrogen-bond acceptors (Lipinski definition) is 6. The highest BCUT2D eigenvalue weighted by Crippen LogP contribution is 2.31. The smallest absolute Gasteiger partial charge is 0.273 e. The van der Waals surface area contributed by atoms with E-state index in [2.05, 4.69) is 5.32 Å². The molecule has 3 rings (SSSR count). The predicted octanol–water partition coefficient (Wildman–Crippen LogP) is 2.70. The van der Waals surface area contributed by atoms with Gasteiger partial charge in [-0.25, -0.2) is 8.42 Å². The van der Waals surface area contributed by atoms with E-state index in [1.165, 1.54) is 41.7 Å². The Bertz CT molecular complexity index is 1040. The molecule has 1 aliphatic rings. The molecule has 0 saturated carbocycles. The first-order valence-corrected chi connectivity index (χ1v) is 10.4. The average Bonchev–Trinajstić information content (AvgIpc) is 3.19. The molecule has 2 aromatic rings. The largest absolute Gasteiger partial charge is 0.494 e. The molecule has 0 aliphatic carbocycles. The van der Waals surface area contributed by atoms with Gasteiger partial charge in [-0.2, -0.15) is 4.31 Å². The van der Waals surface area contributed by atoms with E-state index in [0.29, 0.717) is 12.8 Å². The highest BCUT2D eigenvalue weighted by molar-refractivity contribution is 7.89. The minimum atomic E-state index is -3.82. The molecule has 9 nitrogen and oxygen atoms in total. The van der Waals surface area contributed by atoms with Crippen LogP contribution >= 0.6 is 0 Å². The first-order chi connectivity index (χ1) is 13.7. The van der Waals surface area contributed by atoms with Crippen LogP contribution in [0.5, 0.6) is 5.75 Å². The first kappa shape index (κ1) is 20.7. The fourth-order valence-corrected chi connectivity index (χ4v) is 4.90. The van der Waals surface area contributed by atoms with Gasteiger partial charge in [-0.1, -0.05) is 17.7 Å². The van der Waals surface area contributed by atoms with Crippen molar-refractivity contribution in [2.45, 2.75) is 30.7 Å². The summed E-state index contributed by atoms with van der Waals surface area (Å²) in [5.41, 5.74) is 0.997. The molecule has 1 amide bonds. The summed E-state index contributed by atoms with van der Waals surface area (Å²) >= 11 is 0. The van der Waals surface area contributed by atoms with Crippen molar-refractivity contribution in [1.82, 2.24) is 4.31 Å². The van der Waals surface area contributed by atoms with Gasteiger partial charge in [-0.05, 0) is 38.0 Å². The van der Waals surface area contributed by atoms with Crippen LogP contribution in [-0.4, -0.2) is 43.2 Å². The monoisotopic (exact) mass is 419 g/mol. The molecule has 0 aromatic heterocycles. The van der Waals surface area contributed by atoms with Crippen LogP contribution in [0.25, 0.3) is 0 Å². The fraction of sp³-hybridized carbons (Fsp3) is 0.316. The van der Waals surface area contributed by atoms with Crippen molar-refractivity contribution in [2.75, 3.05) is 19.0 Å². The number of aryl methyl sites for hydroxylation is 1. The van der Waals surface area contributed by atoms with Crippen molar-refractivity contribution >= 4 is 27.3 Å². The third-order valence-electron chi connectivity index (χ3n) is 4.79. The van der Waals surface area contributed by atoms with E-state index >= 15 is 0 Å². The van der Waals surface area contributed by atoms with Crippen molar-refractivity contribution in [2.24, 2.45) is 0 Å². The number of carbonyl (C=O) groups is 1. The Morgan fingerprint density at radius 3 is 2.55 bits per heavy atom. The van der Waals surface area contributed by atoms with Gasteiger partial charge in [0.2, 0.25) is 15.9 Å². The lowest BCUT2D eigenvalue weighted by Gasteiger charge is -2.23. The van der Waals surface area contributed by atoms with Crippen LogP contribution in [0.4, 0.5) is 11.4 Å². The lowest BCUT2D eigenvalue weighted by Crippen LogP contribution is -2.43. The number of nitrogens with one attached hydrogen (secondary N) is 1. The molecule has 0 spiro atoms. The van der Waals surface area contributed by atoms with Crippen LogP contribution in [0.1, 0.15) is 18.4 Å². The Kier molecular flexibility index (Phi) is 5.85. The van der Waals surface area contributed by atoms with Gasteiger partial charge in [0.25, 0.3) is 5.69 Å². The Morgan fingerprint density at radius 1 is 1.24 bits per heavy atom. The molecule has 1 aliphatic heterocycles. The number of benzene rings is 2. The van der Waals surface area contributed by atoms with Crippen LogP contribution in [0, 0.1) is 17.0 Å². The minimum absolute atomic E-state index is 0.124. The Morgan fingerprint density at radius 2 is 1.93 bits per heavy atom. The van der Waals surface area contributed by atoms with Crippen LogP contribution in [0.2, 0.25) is 0 Å². The Hall–Kier alpha value is -2.98. The normalized spacial score (nSPS) is 17.1. The molecule has 1 N–H and O–H groups in total. The molecule has 0 unspecified atom stereocenters. The number of hydrogen-bond donors (Lipinski definition) is 1. The van der Waals surface area contributed by atoms with Gasteiger partial charge in [0.05, 0.1) is 28.7 Å². The minimum Gasteiger partial charge on any atom is -0.494 e. The fourth-order valence-electron chi connectivity index (χ4n) is 3.25. The molecule has 1 heterocycles. The van der Waals surface area contributed by atoms with E-state index in [1.807, 2.05) is 6.92 Å². The van der Waals surface area contributed by atoms with Crippen LogP contribution < -0.4 is 10.1 Å². The number of nitro benzene ring substituents is 1. The summed E-state index contributed by atoms with van der Waals surface area (Å²) in [6, 6.07) is 9.40. The molecule has 0 bridgehead atoms. The SMILES string of the molecule is COc1cc([N+](=O)[O-])ccc1NC(=O)[C@@H]1CCCN1S(=O)(=O)c1ccc(C)cc1. The van der Waals surface area contributed by atoms with Gasteiger partial charge in [0.15, 0.2) is 0 Å². The lowest BCUT2D eigenvalue weighted by molar-refractivity contribution is -0.384. The zero-order valence-corrected chi connectivity index (χ0v) is 16.8. The summed E-state index contributed by atoms with van der Waals surface area (Å²) < 4.78 is 32.3. The number of carbonyl (C=O) groups excluding carboxylic acids is 1. The molecular weight excluding hydrogens is 398 g/mol. The number of sulfonamides is 1. The highest BCUT2D eigenvalue weighted by Gasteiger charge is 2.39. The number of ether oxygens (including phenoxy) is 1. The predicted molar refractivity (Wildman–Crippen MR) is 106 cm³/mol. The molecule has 1 fully saturated rings.